The maximum absolute atomic E-state index is 11.1. The molecule has 0 spiro atoms. The van der Waals surface area contributed by atoms with Crippen molar-refractivity contribution in [3.63, 3.8) is 0 Å². The molecule has 2 saturated heterocycles. The molecule has 0 amide bonds. The van der Waals surface area contributed by atoms with Gasteiger partial charge >= 0.3 is 0 Å². The van der Waals surface area contributed by atoms with Crippen LogP contribution in [0.3, 0.4) is 0 Å². The molecule has 5 heteroatoms. The zero-order valence-electron chi connectivity index (χ0n) is 7.62. The van der Waals surface area contributed by atoms with Crippen LogP contribution < -0.4 is 10.6 Å². The molecule has 0 bridgehead atoms. The molecule has 2 rings (SSSR count). The summed E-state index contributed by atoms with van der Waals surface area (Å²) in [5.74, 6) is 1.42. The van der Waals surface area contributed by atoms with E-state index in [2.05, 4.69) is 10.6 Å². The van der Waals surface area contributed by atoms with Crippen molar-refractivity contribution < 1.29 is 8.42 Å². The van der Waals surface area contributed by atoms with Crippen molar-refractivity contribution in [3.05, 3.63) is 0 Å². The summed E-state index contributed by atoms with van der Waals surface area (Å²) in [6, 6.07) is 0.214. The minimum absolute atomic E-state index is 0.214. The summed E-state index contributed by atoms with van der Waals surface area (Å²) in [7, 11) is -2.71. The maximum Gasteiger partial charge on any atom is 0.151 e. The van der Waals surface area contributed by atoms with Gasteiger partial charge in [0.15, 0.2) is 9.84 Å². The Bertz CT molecular complexity index is 272. The molecule has 2 aliphatic heterocycles. The number of hydrogen-bond acceptors (Lipinski definition) is 4. The van der Waals surface area contributed by atoms with Gasteiger partial charge in [0.1, 0.15) is 0 Å². The maximum atomic E-state index is 11.1. The Morgan fingerprint density at radius 2 is 2.15 bits per heavy atom. The lowest BCUT2D eigenvalue weighted by Crippen LogP contribution is -2.49. The van der Waals surface area contributed by atoms with E-state index in [1.807, 2.05) is 0 Å². The zero-order chi connectivity index (χ0) is 9.31. The van der Waals surface area contributed by atoms with Crippen LogP contribution in [0.1, 0.15) is 6.42 Å². The van der Waals surface area contributed by atoms with Gasteiger partial charge in [-0.05, 0) is 12.3 Å². The third-order valence-corrected chi connectivity index (χ3v) is 4.56. The minimum Gasteiger partial charge on any atom is -0.316 e. The zero-order valence-corrected chi connectivity index (χ0v) is 8.44. The largest absolute Gasteiger partial charge is 0.316 e. The smallest absolute Gasteiger partial charge is 0.151 e. The molecule has 0 aromatic carbocycles. The molecule has 0 aliphatic carbocycles. The Hall–Kier alpha value is -0.130. The van der Waals surface area contributed by atoms with E-state index in [4.69, 9.17) is 0 Å². The molecule has 4 nitrogen and oxygen atoms in total. The van der Waals surface area contributed by atoms with E-state index in [0.29, 0.717) is 17.4 Å². The first-order chi connectivity index (χ1) is 6.16. The van der Waals surface area contributed by atoms with Crippen LogP contribution in [0.2, 0.25) is 0 Å². The number of hydrogen-bond donors (Lipinski definition) is 2. The van der Waals surface area contributed by atoms with Gasteiger partial charge in [0.2, 0.25) is 0 Å². The Labute approximate surface area is 79.0 Å². The van der Waals surface area contributed by atoms with Crippen LogP contribution in [0.4, 0.5) is 0 Å². The van der Waals surface area contributed by atoms with E-state index >= 15 is 0 Å². The van der Waals surface area contributed by atoms with Gasteiger partial charge in [0.05, 0.1) is 11.5 Å². The van der Waals surface area contributed by atoms with Crippen LogP contribution in [0, 0.1) is 5.92 Å². The molecular formula is C8H16N2O2S. The Kier molecular flexibility index (Phi) is 2.58. The topological polar surface area (TPSA) is 58.2 Å². The van der Waals surface area contributed by atoms with Gasteiger partial charge in [0, 0.05) is 25.7 Å². The van der Waals surface area contributed by atoms with Crippen LogP contribution >= 0.6 is 0 Å². The summed E-state index contributed by atoms with van der Waals surface area (Å²) in [6.07, 6.45) is 0.794. The van der Waals surface area contributed by atoms with Gasteiger partial charge in [0.25, 0.3) is 0 Å². The fourth-order valence-electron chi connectivity index (χ4n) is 1.78. The minimum atomic E-state index is -2.71. The summed E-state index contributed by atoms with van der Waals surface area (Å²) < 4.78 is 22.2. The Morgan fingerprint density at radius 1 is 1.38 bits per heavy atom. The van der Waals surface area contributed by atoms with E-state index in [1.165, 1.54) is 0 Å². The van der Waals surface area contributed by atoms with Gasteiger partial charge in [-0.15, -0.1) is 0 Å². The lowest BCUT2D eigenvalue weighted by Gasteiger charge is -2.28. The summed E-state index contributed by atoms with van der Waals surface area (Å²) in [5.41, 5.74) is 0. The van der Waals surface area contributed by atoms with Crippen LogP contribution in [-0.2, 0) is 9.84 Å². The van der Waals surface area contributed by atoms with E-state index < -0.39 is 9.84 Å². The summed E-state index contributed by atoms with van der Waals surface area (Å²) in [6.45, 7) is 3.12. The van der Waals surface area contributed by atoms with Crippen LogP contribution in [-0.4, -0.2) is 45.6 Å². The fraction of sp³-hybridized carbons (Fsp3) is 1.00. The van der Waals surface area contributed by atoms with Gasteiger partial charge in [-0.2, -0.15) is 0 Å². The first kappa shape index (κ1) is 9.43. The number of sulfone groups is 1. The average Bonchev–Trinajstić information content (AvgIpc) is 2.27. The molecule has 0 aromatic heterocycles. The van der Waals surface area contributed by atoms with Crippen molar-refractivity contribution in [1.82, 2.24) is 10.6 Å². The predicted molar refractivity (Wildman–Crippen MR) is 51.4 cm³/mol. The van der Waals surface area contributed by atoms with Gasteiger partial charge in [-0.1, -0.05) is 0 Å². The Morgan fingerprint density at radius 3 is 2.62 bits per heavy atom. The fourth-order valence-corrected chi connectivity index (χ4v) is 3.49. The first-order valence-electron chi connectivity index (χ1n) is 4.80. The third-order valence-electron chi connectivity index (χ3n) is 2.79. The van der Waals surface area contributed by atoms with E-state index in [9.17, 15) is 8.42 Å². The average molecular weight is 204 g/mol. The highest BCUT2D eigenvalue weighted by molar-refractivity contribution is 7.91. The molecule has 1 atom stereocenters. The van der Waals surface area contributed by atoms with Crippen LogP contribution in [0.5, 0.6) is 0 Å². The second-order valence-electron chi connectivity index (χ2n) is 4.03. The van der Waals surface area contributed by atoms with Crippen molar-refractivity contribution >= 4 is 9.84 Å². The molecule has 13 heavy (non-hydrogen) atoms. The number of nitrogens with one attached hydrogen (secondary N) is 2. The van der Waals surface area contributed by atoms with Crippen molar-refractivity contribution in [3.8, 4) is 0 Å². The molecular weight excluding hydrogens is 188 g/mol. The molecule has 0 radical (unpaired) electrons. The highest BCUT2D eigenvalue weighted by Gasteiger charge is 2.28. The molecule has 2 N–H and O–H groups in total. The molecule has 2 aliphatic rings. The second-order valence-corrected chi connectivity index (χ2v) is 6.26. The highest BCUT2D eigenvalue weighted by Crippen LogP contribution is 2.12. The third kappa shape index (κ3) is 2.42. The normalized spacial score (nSPS) is 33.1. The quantitative estimate of drug-likeness (QED) is 0.618. The van der Waals surface area contributed by atoms with Gasteiger partial charge in [-0.3, -0.25) is 0 Å². The van der Waals surface area contributed by atoms with Gasteiger partial charge < -0.3 is 10.6 Å². The number of rotatable bonds is 3. The monoisotopic (exact) mass is 204 g/mol. The predicted octanol–water partition coefficient (Wildman–Crippen LogP) is -1.02. The summed E-state index contributed by atoms with van der Waals surface area (Å²) in [5, 5.41) is 6.51. The second kappa shape index (κ2) is 3.55. The summed E-state index contributed by atoms with van der Waals surface area (Å²) in [4.78, 5) is 0. The van der Waals surface area contributed by atoms with Crippen LogP contribution in [0.25, 0.3) is 0 Å². The summed E-state index contributed by atoms with van der Waals surface area (Å²) >= 11 is 0. The first-order valence-corrected chi connectivity index (χ1v) is 6.62. The molecule has 0 aromatic rings. The van der Waals surface area contributed by atoms with E-state index in [0.717, 1.165) is 26.1 Å². The lowest BCUT2D eigenvalue weighted by molar-refractivity contribution is 0.320. The molecule has 1 unspecified atom stereocenters. The lowest BCUT2D eigenvalue weighted by atomic mass is 10.0. The molecule has 0 saturated carbocycles. The molecule has 2 heterocycles. The molecule has 76 valence electrons. The Balaban J connectivity index is 1.71. The van der Waals surface area contributed by atoms with Crippen molar-refractivity contribution in [2.24, 2.45) is 5.92 Å². The van der Waals surface area contributed by atoms with Crippen molar-refractivity contribution in [2.45, 2.75) is 12.5 Å². The van der Waals surface area contributed by atoms with E-state index in [-0.39, 0.29) is 6.04 Å². The van der Waals surface area contributed by atoms with Crippen molar-refractivity contribution in [1.29, 1.82) is 0 Å². The standard InChI is InChI=1S/C8H16N2O2S/c11-13(12)2-1-8(6-13)10-5-7-3-9-4-7/h7-10H,1-6H2. The van der Waals surface area contributed by atoms with E-state index in [1.54, 1.807) is 0 Å². The van der Waals surface area contributed by atoms with Gasteiger partial charge in [-0.25, -0.2) is 8.42 Å². The van der Waals surface area contributed by atoms with Crippen molar-refractivity contribution in [2.75, 3.05) is 31.1 Å². The molecule has 2 fully saturated rings. The SMILES string of the molecule is O=S1(=O)CCC(NCC2CNC2)C1. The highest BCUT2D eigenvalue weighted by atomic mass is 32.2. The van der Waals surface area contributed by atoms with Crippen LogP contribution in [0.15, 0.2) is 0 Å².